The molecule has 0 N–H and O–H groups in total. The van der Waals surface area contributed by atoms with Crippen LogP contribution < -0.4 is 14.2 Å². The number of carbonyl (C=O) groups is 1. The van der Waals surface area contributed by atoms with E-state index in [1.807, 2.05) is 23.8 Å². The predicted molar refractivity (Wildman–Crippen MR) is 102 cm³/mol. The average molecular weight is 379 g/mol. The standard InChI is InChI=1S/C21H17NO4S/c1-14-9-19(5-6-20(14)25-15(2)23)26-21-10-18(4-3-17(21)11-22)24-12-16-7-8-27-13-16/h3-10,13H,12H2,1-2H3. The molecule has 0 bridgehead atoms. The molecule has 0 fully saturated rings. The first kappa shape index (κ1) is 18.5. The molecule has 6 heteroatoms. The van der Waals surface area contributed by atoms with E-state index in [1.54, 1.807) is 47.7 Å². The molecule has 3 rings (SSSR count). The van der Waals surface area contributed by atoms with Gasteiger partial charge in [-0.2, -0.15) is 16.6 Å². The fourth-order valence-electron chi connectivity index (χ4n) is 2.39. The Bertz CT molecular complexity index is 990. The highest BCUT2D eigenvalue weighted by Crippen LogP contribution is 2.32. The Labute approximate surface area is 161 Å². The van der Waals surface area contributed by atoms with Crippen molar-refractivity contribution in [2.45, 2.75) is 20.5 Å². The van der Waals surface area contributed by atoms with E-state index in [0.29, 0.717) is 35.2 Å². The Kier molecular flexibility index (Phi) is 5.74. The maximum Gasteiger partial charge on any atom is 0.308 e. The lowest BCUT2D eigenvalue weighted by Crippen LogP contribution is -2.02. The number of thiophene rings is 1. The number of benzene rings is 2. The average Bonchev–Trinajstić information content (AvgIpc) is 3.16. The molecule has 1 aromatic heterocycles. The van der Waals surface area contributed by atoms with Gasteiger partial charge in [0.25, 0.3) is 0 Å². The van der Waals surface area contributed by atoms with Gasteiger partial charge in [0.05, 0.1) is 5.56 Å². The summed E-state index contributed by atoms with van der Waals surface area (Å²) in [5.74, 6) is 1.65. The van der Waals surface area contributed by atoms with Crippen LogP contribution in [0.2, 0.25) is 0 Å². The van der Waals surface area contributed by atoms with Gasteiger partial charge in [-0.05, 0) is 65.2 Å². The summed E-state index contributed by atoms with van der Waals surface area (Å²) < 4.78 is 16.8. The molecular formula is C21H17NO4S. The second kappa shape index (κ2) is 8.39. The molecular weight excluding hydrogens is 362 g/mol. The van der Waals surface area contributed by atoms with Gasteiger partial charge in [-0.1, -0.05) is 0 Å². The summed E-state index contributed by atoms with van der Waals surface area (Å²) in [6.07, 6.45) is 0. The van der Waals surface area contributed by atoms with E-state index in [4.69, 9.17) is 14.2 Å². The van der Waals surface area contributed by atoms with Crippen LogP contribution in [0.1, 0.15) is 23.6 Å². The fraction of sp³-hybridized carbons (Fsp3) is 0.143. The van der Waals surface area contributed by atoms with Crippen molar-refractivity contribution in [2.24, 2.45) is 0 Å². The number of esters is 1. The Morgan fingerprint density at radius 1 is 1.11 bits per heavy atom. The highest BCUT2D eigenvalue weighted by molar-refractivity contribution is 7.07. The number of aryl methyl sites for hydroxylation is 1. The van der Waals surface area contributed by atoms with Crippen LogP contribution in [0.4, 0.5) is 0 Å². The summed E-state index contributed by atoms with van der Waals surface area (Å²) >= 11 is 1.61. The van der Waals surface area contributed by atoms with Crippen LogP contribution in [0.5, 0.6) is 23.0 Å². The highest BCUT2D eigenvalue weighted by Gasteiger charge is 2.10. The van der Waals surface area contributed by atoms with Crippen LogP contribution in [0, 0.1) is 18.3 Å². The van der Waals surface area contributed by atoms with Gasteiger partial charge in [0.15, 0.2) is 0 Å². The zero-order valence-corrected chi connectivity index (χ0v) is 15.7. The van der Waals surface area contributed by atoms with Crippen molar-refractivity contribution in [1.29, 1.82) is 5.26 Å². The second-order valence-electron chi connectivity index (χ2n) is 5.81. The lowest BCUT2D eigenvalue weighted by Gasteiger charge is -2.12. The van der Waals surface area contributed by atoms with E-state index in [1.165, 1.54) is 6.92 Å². The van der Waals surface area contributed by atoms with Gasteiger partial charge in [-0.15, -0.1) is 0 Å². The topological polar surface area (TPSA) is 68.6 Å². The number of carbonyl (C=O) groups excluding carboxylic acids is 1. The molecule has 0 saturated carbocycles. The maximum atomic E-state index is 11.1. The molecule has 5 nitrogen and oxygen atoms in total. The summed E-state index contributed by atoms with van der Waals surface area (Å²) in [6.45, 7) is 3.62. The van der Waals surface area contributed by atoms with Crippen molar-refractivity contribution in [3.63, 3.8) is 0 Å². The summed E-state index contributed by atoms with van der Waals surface area (Å²) in [5, 5.41) is 13.4. The fourth-order valence-corrected chi connectivity index (χ4v) is 3.05. The summed E-state index contributed by atoms with van der Waals surface area (Å²) in [7, 11) is 0. The largest absolute Gasteiger partial charge is 0.489 e. The number of nitrogens with zero attached hydrogens (tertiary/aromatic N) is 1. The zero-order valence-electron chi connectivity index (χ0n) is 14.9. The predicted octanol–water partition coefficient (Wildman–Crippen LogP) is 5.22. The summed E-state index contributed by atoms with van der Waals surface area (Å²) in [5.41, 5.74) is 2.24. The van der Waals surface area contributed by atoms with E-state index in [0.717, 1.165) is 11.1 Å². The Hall–Kier alpha value is -3.30. The zero-order chi connectivity index (χ0) is 19.2. The van der Waals surface area contributed by atoms with E-state index < -0.39 is 0 Å². The molecule has 2 aromatic carbocycles. The minimum atomic E-state index is -0.381. The van der Waals surface area contributed by atoms with Crippen molar-refractivity contribution in [2.75, 3.05) is 0 Å². The first-order valence-corrected chi connectivity index (χ1v) is 9.14. The smallest absolute Gasteiger partial charge is 0.308 e. The quantitative estimate of drug-likeness (QED) is 0.433. The lowest BCUT2D eigenvalue weighted by molar-refractivity contribution is -0.131. The van der Waals surface area contributed by atoms with Crippen LogP contribution in [0.25, 0.3) is 0 Å². The molecule has 0 unspecified atom stereocenters. The van der Waals surface area contributed by atoms with Crippen LogP contribution in [0.15, 0.2) is 53.2 Å². The van der Waals surface area contributed by atoms with Crippen molar-refractivity contribution in [1.82, 2.24) is 0 Å². The summed E-state index contributed by atoms with van der Waals surface area (Å²) in [6, 6.07) is 14.3. The molecule has 136 valence electrons. The third kappa shape index (κ3) is 4.87. The third-order valence-electron chi connectivity index (χ3n) is 3.69. The second-order valence-corrected chi connectivity index (χ2v) is 6.59. The van der Waals surface area contributed by atoms with Gasteiger partial charge in [0, 0.05) is 13.0 Å². The third-order valence-corrected chi connectivity index (χ3v) is 4.42. The van der Waals surface area contributed by atoms with Crippen LogP contribution in [-0.2, 0) is 11.4 Å². The molecule has 0 spiro atoms. The molecule has 0 aliphatic carbocycles. The van der Waals surface area contributed by atoms with Crippen molar-refractivity contribution < 1.29 is 19.0 Å². The van der Waals surface area contributed by atoms with Crippen molar-refractivity contribution in [3.05, 3.63) is 69.9 Å². The molecule has 0 amide bonds. The molecule has 0 atom stereocenters. The monoisotopic (exact) mass is 379 g/mol. The molecule has 0 saturated heterocycles. The lowest BCUT2D eigenvalue weighted by atomic mass is 10.2. The minimum Gasteiger partial charge on any atom is -0.489 e. The number of hydrogen-bond acceptors (Lipinski definition) is 6. The van der Waals surface area contributed by atoms with Gasteiger partial charge < -0.3 is 14.2 Å². The van der Waals surface area contributed by atoms with Crippen molar-refractivity contribution >= 4 is 17.3 Å². The van der Waals surface area contributed by atoms with E-state index >= 15 is 0 Å². The van der Waals surface area contributed by atoms with Crippen molar-refractivity contribution in [3.8, 4) is 29.1 Å². The Morgan fingerprint density at radius 2 is 1.93 bits per heavy atom. The SMILES string of the molecule is CC(=O)Oc1ccc(Oc2cc(OCc3ccsc3)ccc2C#N)cc1C. The van der Waals surface area contributed by atoms with Crippen LogP contribution in [-0.4, -0.2) is 5.97 Å². The van der Waals surface area contributed by atoms with Gasteiger partial charge in [0.1, 0.15) is 35.7 Å². The maximum absolute atomic E-state index is 11.1. The Morgan fingerprint density at radius 3 is 2.59 bits per heavy atom. The Balaban J connectivity index is 1.78. The first-order chi connectivity index (χ1) is 13.0. The van der Waals surface area contributed by atoms with Gasteiger partial charge in [0.2, 0.25) is 0 Å². The van der Waals surface area contributed by atoms with Crippen LogP contribution in [0.3, 0.4) is 0 Å². The van der Waals surface area contributed by atoms with E-state index in [9.17, 15) is 10.1 Å². The minimum absolute atomic E-state index is 0.381. The molecule has 3 aromatic rings. The molecule has 0 aliphatic heterocycles. The molecule has 1 heterocycles. The molecule has 0 radical (unpaired) electrons. The summed E-state index contributed by atoms with van der Waals surface area (Å²) in [4.78, 5) is 11.1. The van der Waals surface area contributed by atoms with E-state index in [-0.39, 0.29) is 5.97 Å². The van der Waals surface area contributed by atoms with Crippen LogP contribution >= 0.6 is 11.3 Å². The van der Waals surface area contributed by atoms with Gasteiger partial charge in [-0.3, -0.25) is 4.79 Å². The normalized spacial score (nSPS) is 10.1. The molecule has 0 aliphatic rings. The van der Waals surface area contributed by atoms with Gasteiger partial charge >= 0.3 is 5.97 Å². The highest BCUT2D eigenvalue weighted by atomic mass is 32.1. The molecule has 27 heavy (non-hydrogen) atoms. The van der Waals surface area contributed by atoms with E-state index in [2.05, 4.69) is 6.07 Å². The van der Waals surface area contributed by atoms with Gasteiger partial charge in [-0.25, -0.2) is 0 Å². The first-order valence-electron chi connectivity index (χ1n) is 8.20. The number of nitriles is 1. The number of hydrogen-bond donors (Lipinski definition) is 0. The number of ether oxygens (including phenoxy) is 3. The number of rotatable bonds is 6.